The smallest absolute Gasteiger partial charge is 0.253 e. The molecule has 0 aliphatic carbocycles. The van der Waals surface area contributed by atoms with Gasteiger partial charge in [-0.05, 0) is 55.7 Å². The number of amides is 1. The predicted octanol–water partition coefficient (Wildman–Crippen LogP) is 4.54. The van der Waals surface area contributed by atoms with E-state index in [1.54, 1.807) is 12.1 Å². The average molecular weight is 354 g/mol. The van der Waals surface area contributed by atoms with Crippen LogP contribution in [0.3, 0.4) is 0 Å². The molecule has 0 unspecified atom stereocenters. The molecule has 0 bridgehead atoms. The maximum atomic E-state index is 12.6. The maximum Gasteiger partial charge on any atom is 0.253 e. The van der Waals surface area contributed by atoms with E-state index in [4.69, 9.17) is 16.6 Å². The Hall–Kier alpha value is -2.33. The van der Waals surface area contributed by atoms with Crippen molar-refractivity contribution in [2.45, 2.75) is 25.7 Å². The van der Waals surface area contributed by atoms with Crippen LogP contribution in [0.5, 0.6) is 0 Å². The summed E-state index contributed by atoms with van der Waals surface area (Å²) in [7, 11) is 0. The number of imidazole rings is 1. The molecule has 1 amide bonds. The lowest BCUT2D eigenvalue weighted by Gasteiger charge is -2.31. The molecule has 4 rings (SSSR count). The van der Waals surface area contributed by atoms with Gasteiger partial charge in [0.25, 0.3) is 5.91 Å². The van der Waals surface area contributed by atoms with Gasteiger partial charge in [0, 0.05) is 29.6 Å². The third-order valence-electron chi connectivity index (χ3n) is 4.90. The molecule has 0 spiro atoms. The lowest BCUT2D eigenvalue weighted by molar-refractivity contribution is 0.0711. The van der Waals surface area contributed by atoms with Crippen LogP contribution in [-0.4, -0.2) is 33.9 Å². The molecular weight excluding hydrogens is 334 g/mol. The Balaban J connectivity index is 1.46. The van der Waals surface area contributed by atoms with Crippen LogP contribution in [0.4, 0.5) is 0 Å². The number of likely N-dealkylation sites (tertiary alicyclic amines) is 1. The van der Waals surface area contributed by atoms with Crippen molar-refractivity contribution < 1.29 is 4.79 Å². The molecule has 0 atom stereocenters. The number of carbonyl (C=O) groups is 1. The van der Waals surface area contributed by atoms with Crippen LogP contribution >= 0.6 is 11.6 Å². The van der Waals surface area contributed by atoms with Crippen molar-refractivity contribution in [2.75, 3.05) is 13.1 Å². The number of nitrogens with zero attached hydrogens (tertiary/aromatic N) is 2. The minimum Gasteiger partial charge on any atom is -0.342 e. The lowest BCUT2D eigenvalue weighted by Crippen LogP contribution is -2.38. The second kappa shape index (κ2) is 6.52. The van der Waals surface area contributed by atoms with Crippen molar-refractivity contribution in [2.24, 2.45) is 0 Å². The normalized spacial score (nSPS) is 15.7. The van der Waals surface area contributed by atoms with E-state index in [9.17, 15) is 4.79 Å². The zero-order chi connectivity index (χ0) is 17.4. The molecule has 2 heterocycles. The van der Waals surface area contributed by atoms with E-state index in [2.05, 4.69) is 30.1 Å². The summed E-state index contributed by atoms with van der Waals surface area (Å²) in [6.07, 6.45) is 1.84. The van der Waals surface area contributed by atoms with Crippen molar-refractivity contribution in [3.8, 4) is 0 Å². The van der Waals surface area contributed by atoms with Crippen LogP contribution in [-0.2, 0) is 0 Å². The maximum absolute atomic E-state index is 12.6. The molecule has 1 aliphatic heterocycles. The van der Waals surface area contributed by atoms with E-state index in [1.165, 1.54) is 5.56 Å². The Labute approximate surface area is 151 Å². The van der Waals surface area contributed by atoms with Gasteiger partial charge in [-0.25, -0.2) is 4.98 Å². The zero-order valence-corrected chi connectivity index (χ0v) is 14.9. The summed E-state index contributed by atoms with van der Waals surface area (Å²) in [4.78, 5) is 22.7. The fourth-order valence-electron chi connectivity index (χ4n) is 3.50. The van der Waals surface area contributed by atoms with E-state index >= 15 is 0 Å². The van der Waals surface area contributed by atoms with Crippen LogP contribution in [0.15, 0.2) is 42.5 Å². The Kier molecular flexibility index (Phi) is 4.22. The van der Waals surface area contributed by atoms with Crippen molar-refractivity contribution in [3.05, 3.63) is 64.4 Å². The van der Waals surface area contributed by atoms with Gasteiger partial charge in [0.15, 0.2) is 0 Å². The van der Waals surface area contributed by atoms with E-state index in [0.717, 1.165) is 42.8 Å². The largest absolute Gasteiger partial charge is 0.342 e. The third kappa shape index (κ3) is 3.27. The first-order valence-electron chi connectivity index (χ1n) is 8.61. The molecule has 1 aliphatic rings. The Morgan fingerprint density at radius 3 is 2.76 bits per heavy atom. The van der Waals surface area contributed by atoms with Crippen molar-refractivity contribution in [3.63, 3.8) is 0 Å². The highest BCUT2D eigenvalue weighted by atomic mass is 35.5. The fourth-order valence-corrected chi connectivity index (χ4v) is 3.69. The topological polar surface area (TPSA) is 49.0 Å². The fraction of sp³-hybridized carbons (Fsp3) is 0.300. The van der Waals surface area contributed by atoms with Crippen molar-refractivity contribution in [1.29, 1.82) is 0 Å². The van der Waals surface area contributed by atoms with Crippen LogP contribution in [0.25, 0.3) is 11.0 Å². The number of hydrogen-bond donors (Lipinski definition) is 1. The number of fused-ring (bicyclic) bond motifs is 1. The summed E-state index contributed by atoms with van der Waals surface area (Å²) in [5.74, 6) is 1.47. The van der Waals surface area contributed by atoms with E-state index in [0.29, 0.717) is 16.5 Å². The van der Waals surface area contributed by atoms with Gasteiger partial charge in [0.1, 0.15) is 5.82 Å². The molecule has 128 valence electrons. The second-order valence-corrected chi connectivity index (χ2v) is 7.16. The van der Waals surface area contributed by atoms with Crippen molar-refractivity contribution in [1.82, 2.24) is 14.9 Å². The molecule has 4 nitrogen and oxygen atoms in total. The highest BCUT2D eigenvalue weighted by Crippen LogP contribution is 2.28. The summed E-state index contributed by atoms with van der Waals surface area (Å²) in [6.45, 7) is 3.57. The van der Waals surface area contributed by atoms with E-state index < -0.39 is 0 Å². The minimum atomic E-state index is 0.0566. The number of carbonyl (C=O) groups excluding carboxylic acids is 1. The number of H-pyrrole nitrogens is 1. The number of aromatic nitrogens is 2. The molecule has 3 aromatic rings. The van der Waals surface area contributed by atoms with Gasteiger partial charge in [-0.15, -0.1) is 0 Å². The number of aromatic amines is 1. The summed E-state index contributed by atoms with van der Waals surface area (Å²) >= 11 is 6.00. The van der Waals surface area contributed by atoms with Gasteiger partial charge in [-0.1, -0.05) is 23.7 Å². The highest BCUT2D eigenvalue weighted by Gasteiger charge is 2.26. The SMILES string of the molecule is Cc1ccc2nc(C3CCN(C(=O)c4cccc(Cl)c4)CC3)[nH]c2c1. The first-order chi connectivity index (χ1) is 12.1. The third-order valence-corrected chi connectivity index (χ3v) is 5.13. The number of benzene rings is 2. The summed E-state index contributed by atoms with van der Waals surface area (Å²) in [5.41, 5.74) is 3.99. The lowest BCUT2D eigenvalue weighted by atomic mass is 9.95. The number of piperidine rings is 1. The Bertz CT molecular complexity index is 926. The van der Waals surface area contributed by atoms with Crippen LogP contribution in [0.2, 0.25) is 5.02 Å². The molecular formula is C20H20ClN3O. The molecule has 1 saturated heterocycles. The number of halogens is 1. The average Bonchev–Trinajstić information content (AvgIpc) is 3.04. The molecule has 2 aromatic carbocycles. The van der Waals surface area contributed by atoms with Gasteiger partial charge < -0.3 is 9.88 Å². The zero-order valence-electron chi connectivity index (χ0n) is 14.1. The van der Waals surface area contributed by atoms with Crippen LogP contribution in [0.1, 0.15) is 40.5 Å². The quantitative estimate of drug-likeness (QED) is 0.735. The molecule has 0 radical (unpaired) electrons. The molecule has 5 heteroatoms. The number of nitrogens with one attached hydrogen (secondary N) is 1. The van der Waals surface area contributed by atoms with Gasteiger partial charge in [-0.3, -0.25) is 4.79 Å². The summed E-state index contributed by atoms with van der Waals surface area (Å²) in [6, 6.07) is 13.4. The van der Waals surface area contributed by atoms with E-state index in [1.807, 2.05) is 17.0 Å². The summed E-state index contributed by atoms with van der Waals surface area (Å²) in [5, 5.41) is 0.596. The van der Waals surface area contributed by atoms with Gasteiger partial charge in [0.05, 0.1) is 11.0 Å². The molecule has 1 aromatic heterocycles. The molecule has 0 saturated carbocycles. The van der Waals surface area contributed by atoms with Gasteiger partial charge >= 0.3 is 0 Å². The van der Waals surface area contributed by atoms with Gasteiger partial charge in [-0.2, -0.15) is 0 Å². The summed E-state index contributed by atoms with van der Waals surface area (Å²) < 4.78 is 0. The van der Waals surface area contributed by atoms with Crippen molar-refractivity contribution >= 4 is 28.5 Å². The van der Waals surface area contributed by atoms with Gasteiger partial charge in [0.2, 0.25) is 0 Å². The Morgan fingerprint density at radius 1 is 1.20 bits per heavy atom. The standard InChI is InChI=1S/C20H20ClN3O/c1-13-5-6-17-18(11-13)23-19(22-17)14-7-9-24(10-8-14)20(25)15-3-2-4-16(21)12-15/h2-6,11-12,14H,7-10H2,1H3,(H,22,23). The monoisotopic (exact) mass is 353 g/mol. The first kappa shape index (κ1) is 16.2. The number of rotatable bonds is 2. The minimum absolute atomic E-state index is 0.0566. The van der Waals surface area contributed by atoms with Crippen LogP contribution in [0, 0.1) is 6.92 Å². The molecule has 25 heavy (non-hydrogen) atoms. The predicted molar refractivity (Wildman–Crippen MR) is 100 cm³/mol. The van der Waals surface area contributed by atoms with E-state index in [-0.39, 0.29) is 5.91 Å². The molecule has 1 fully saturated rings. The molecule has 1 N–H and O–H groups in total. The number of aryl methyl sites for hydroxylation is 1. The van der Waals surface area contributed by atoms with Crippen LogP contribution < -0.4 is 0 Å². The first-order valence-corrected chi connectivity index (χ1v) is 8.99. The highest BCUT2D eigenvalue weighted by molar-refractivity contribution is 6.30. The number of hydrogen-bond acceptors (Lipinski definition) is 2. The Morgan fingerprint density at radius 2 is 2.00 bits per heavy atom. The second-order valence-electron chi connectivity index (χ2n) is 6.72.